The molecule has 0 aromatic heterocycles. The van der Waals surface area contributed by atoms with E-state index >= 15 is 0 Å². The van der Waals surface area contributed by atoms with E-state index in [0.717, 1.165) is 6.42 Å². The van der Waals surface area contributed by atoms with E-state index in [2.05, 4.69) is 5.32 Å². The van der Waals surface area contributed by atoms with E-state index in [1.807, 2.05) is 19.1 Å². The standard InChI is InChI=1S/C6H11N2O/c1-2-3-4-5-8-6(7)9/h2-3,7H,4-5H2,1H3,(H,8,9)/b3-2+. The number of rotatable bonds is 3. The lowest BCUT2D eigenvalue weighted by Crippen LogP contribution is -2.22. The van der Waals surface area contributed by atoms with E-state index in [4.69, 9.17) is 5.73 Å². The highest BCUT2D eigenvalue weighted by atomic mass is 16.2. The highest BCUT2D eigenvalue weighted by molar-refractivity contribution is 5.70. The van der Waals surface area contributed by atoms with Crippen LogP contribution in [0.1, 0.15) is 13.3 Å². The van der Waals surface area contributed by atoms with Gasteiger partial charge in [-0.3, -0.25) is 0 Å². The van der Waals surface area contributed by atoms with Crippen molar-refractivity contribution in [3.8, 4) is 0 Å². The first-order chi connectivity index (χ1) is 4.27. The van der Waals surface area contributed by atoms with Gasteiger partial charge in [-0.25, -0.2) is 10.5 Å². The average Bonchev–Trinajstić information content (AvgIpc) is 1.80. The molecular weight excluding hydrogens is 116 g/mol. The monoisotopic (exact) mass is 127 g/mol. The van der Waals surface area contributed by atoms with Crippen molar-refractivity contribution in [2.45, 2.75) is 13.3 Å². The van der Waals surface area contributed by atoms with Gasteiger partial charge in [0.15, 0.2) is 0 Å². The lowest BCUT2D eigenvalue weighted by atomic mass is 10.4. The Morgan fingerprint density at radius 3 is 2.89 bits per heavy atom. The SMILES string of the molecule is C/C=C/CCNC([NH])=O. The molecule has 0 aliphatic rings. The average molecular weight is 127 g/mol. The molecule has 0 aromatic carbocycles. The molecule has 2 N–H and O–H groups in total. The second kappa shape index (κ2) is 5.15. The van der Waals surface area contributed by atoms with Crippen LogP contribution in [0.15, 0.2) is 12.2 Å². The number of amides is 2. The number of carbonyl (C=O) groups excluding carboxylic acids is 1. The summed E-state index contributed by atoms with van der Waals surface area (Å²) < 4.78 is 0. The smallest absolute Gasteiger partial charge is 0.333 e. The molecule has 0 aromatic rings. The fourth-order valence-corrected chi connectivity index (χ4v) is 0.436. The van der Waals surface area contributed by atoms with Crippen molar-refractivity contribution < 1.29 is 4.79 Å². The number of carbonyl (C=O) groups is 1. The second-order valence-electron chi connectivity index (χ2n) is 1.61. The van der Waals surface area contributed by atoms with Crippen LogP contribution in [0.3, 0.4) is 0 Å². The summed E-state index contributed by atoms with van der Waals surface area (Å²) in [5.41, 5.74) is 6.44. The van der Waals surface area contributed by atoms with Gasteiger partial charge < -0.3 is 5.32 Å². The maximum absolute atomic E-state index is 9.94. The number of nitrogens with one attached hydrogen (secondary N) is 2. The fourth-order valence-electron chi connectivity index (χ4n) is 0.436. The van der Waals surface area contributed by atoms with Crippen molar-refractivity contribution >= 4 is 6.03 Å². The predicted molar refractivity (Wildman–Crippen MR) is 35.9 cm³/mol. The Bertz CT molecular complexity index is 110. The molecule has 0 saturated carbocycles. The van der Waals surface area contributed by atoms with E-state index in [1.165, 1.54) is 0 Å². The fraction of sp³-hybridized carbons (Fsp3) is 0.500. The van der Waals surface area contributed by atoms with Crippen LogP contribution in [0.2, 0.25) is 0 Å². The Kier molecular flexibility index (Phi) is 4.59. The number of hydrogen-bond donors (Lipinski definition) is 1. The van der Waals surface area contributed by atoms with Crippen LogP contribution >= 0.6 is 0 Å². The third kappa shape index (κ3) is 7.01. The summed E-state index contributed by atoms with van der Waals surface area (Å²) in [7, 11) is 0. The van der Waals surface area contributed by atoms with Crippen LogP contribution in [-0.2, 0) is 0 Å². The van der Waals surface area contributed by atoms with Gasteiger partial charge in [-0.2, -0.15) is 0 Å². The van der Waals surface area contributed by atoms with Gasteiger partial charge in [0, 0.05) is 6.54 Å². The zero-order valence-electron chi connectivity index (χ0n) is 5.48. The topological polar surface area (TPSA) is 52.9 Å². The van der Waals surface area contributed by atoms with Crippen LogP contribution < -0.4 is 11.1 Å². The lowest BCUT2D eigenvalue weighted by Gasteiger charge is -1.93. The Morgan fingerprint density at radius 2 is 2.44 bits per heavy atom. The molecule has 0 rings (SSSR count). The van der Waals surface area contributed by atoms with Crippen molar-refractivity contribution in [3.63, 3.8) is 0 Å². The molecule has 3 nitrogen and oxygen atoms in total. The van der Waals surface area contributed by atoms with E-state index in [1.54, 1.807) is 0 Å². The molecule has 1 radical (unpaired) electrons. The Balaban J connectivity index is 3.01. The highest BCUT2D eigenvalue weighted by Crippen LogP contribution is 1.77. The van der Waals surface area contributed by atoms with Crippen LogP contribution in [0.25, 0.3) is 0 Å². The van der Waals surface area contributed by atoms with Gasteiger partial charge in [0.25, 0.3) is 0 Å². The largest absolute Gasteiger partial charge is 0.336 e. The Hall–Kier alpha value is -0.990. The molecule has 2 amide bonds. The molecule has 0 aliphatic heterocycles. The van der Waals surface area contributed by atoms with Crippen molar-refractivity contribution in [1.82, 2.24) is 11.1 Å². The molecule has 0 unspecified atom stereocenters. The van der Waals surface area contributed by atoms with Crippen LogP contribution in [0.4, 0.5) is 4.79 Å². The lowest BCUT2D eigenvalue weighted by molar-refractivity contribution is 0.248. The van der Waals surface area contributed by atoms with Gasteiger partial charge in [-0.15, -0.1) is 0 Å². The third-order valence-electron chi connectivity index (χ3n) is 0.832. The second-order valence-corrected chi connectivity index (χ2v) is 1.61. The molecular formula is C6H11N2O. The summed E-state index contributed by atoms with van der Waals surface area (Å²) in [6, 6.07) is -0.709. The highest BCUT2D eigenvalue weighted by Gasteiger charge is 1.86. The van der Waals surface area contributed by atoms with Crippen LogP contribution in [-0.4, -0.2) is 12.6 Å². The maximum Gasteiger partial charge on any atom is 0.333 e. The number of hydrogen-bond acceptors (Lipinski definition) is 1. The molecule has 0 fully saturated rings. The van der Waals surface area contributed by atoms with E-state index < -0.39 is 6.03 Å². The van der Waals surface area contributed by atoms with Crippen LogP contribution in [0, 0.1) is 0 Å². The zero-order valence-corrected chi connectivity index (χ0v) is 5.48. The zero-order chi connectivity index (χ0) is 7.11. The molecule has 9 heavy (non-hydrogen) atoms. The first-order valence-electron chi connectivity index (χ1n) is 2.88. The third-order valence-corrected chi connectivity index (χ3v) is 0.832. The molecule has 51 valence electrons. The van der Waals surface area contributed by atoms with Crippen molar-refractivity contribution in [2.75, 3.05) is 6.54 Å². The molecule has 0 heterocycles. The molecule has 3 heteroatoms. The maximum atomic E-state index is 9.94. The summed E-state index contributed by atoms with van der Waals surface area (Å²) in [4.78, 5) is 9.94. The minimum atomic E-state index is -0.709. The minimum Gasteiger partial charge on any atom is -0.336 e. The van der Waals surface area contributed by atoms with Gasteiger partial charge in [-0.05, 0) is 13.3 Å². The molecule has 0 atom stereocenters. The van der Waals surface area contributed by atoms with Gasteiger partial charge >= 0.3 is 6.03 Å². The van der Waals surface area contributed by atoms with Gasteiger partial charge in [-0.1, -0.05) is 12.2 Å². The first kappa shape index (κ1) is 8.01. The molecule has 0 bridgehead atoms. The van der Waals surface area contributed by atoms with Crippen molar-refractivity contribution in [1.29, 1.82) is 0 Å². The predicted octanol–water partition coefficient (Wildman–Crippen LogP) is 0.945. The van der Waals surface area contributed by atoms with Crippen molar-refractivity contribution in [3.05, 3.63) is 12.2 Å². The quantitative estimate of drug-likeness (QED) is 0.445. The normalized spacial score (nSPS) is 9.89. The molecule has 0 aliphatic carbocycles. The molecule has 0 spiro atoms. The summed E-state index contributed by atoms with van der Waals surface area (Å²) in [5, 5.41) is 2.36. The van der Waals surface area contributed by atoms with Gasteiger partial charge in [0.1, 0.15) is 0 Å². The van der Waals surface area contributed by atoms with E-state index in [0.29, 0.717) is 6.54 Å². The Labute approximate surface area is 54.9 Å². The number of urea groups is 1. The summed E-state index contributed by atoms with van der Waals surface area (Å²) in [5.74, 6) is 0. The summed E-state index contributed by atoms with van der Waals surface area (Å²) >= 11 is 0. The summed E-state index contributed by atoms with van der Waals surface area (Å²) in [6.07, 6.45) is 4.66. The summed E-state index contributed by atoms with van der Waals surface area (Å²) in [6.45, 7) is 2.48. The number of allylic oxidation sites excluding steroid dienone is 1. The van der Waals surface area contributed by atoms with Gasteiger partial charge in [0.2, 0.25) is 0 Å². The van der Waals surface area contributed by atoms with Gasteiger partial charge in [0.05, 0.1) is 0 Å². The van der Waals surface area contributed by atoms with E-state index in [9.17, 15) is 4.79 Å². The Morgan fingerprint density at radius 1 is 1.78 bits per heavy atom. The van der Waals surface area contributed by atoms with Crippen LogP contribution in [0.5, 0.6) is 0 Å². The molecule has 0 saturated heterocycles. The van der Waals surface area contributed by atoms with Crippen molar-refractivity contribution in [2.24, 2.45) is 0 Å². The van der Waals surface area contributed by atoms with E-state index in [-0.39, 0.29) is 0 Å². The first-order valence-corrected chi connectivity index (χ1v) is 2.88. The minimum absolute atomic E-state index is 0.562.